The molecule has 7 nitrogen and oxygen atoms in total. The summed E-state index contributed by atoms with van der Waals surface area (Å²) in [5.41, 5.74) is 5.70. The number of carbonyl (C=O) groups excluding carboxylic acids is 1. The highest BCUT2D eigenvalue weighted by atomic mass is 16.3. The molecule has 0 aromatic carbocycles. The number of hydrogen-bond donors (Lipinski definition) is 3. The van der Waals surface area contributed by atoms with Gasteiger partial charge in [-0.1, -0.05) is 0 Å². The monoisotopic (exact) mass is 236 g/mol. The number of H-pyrrole nitrogens is 1. The second-order valence-electron chi connectivity index (χ2n) is 3.82. The third-order valence-corrected chi connectivity index (χ3v) is 2.58. The largest absolute Gasteiger partial charge is 0.388 e. The molecule has 0 radical (unpaired) electrons. The quantitative estimate of drug-likeness (QED) is 0.651. The second kappa shape index (κ2) is 3.70. The molecule has 0 saturated carbocycles. The van der Waals surface area contributed by atoms with Gasteiger partial charge in [0.15, 0.2) is 11.3 Å². The molecule has 1 amide bonds. The van der Waals surface area contributed by atoms with Crippen LogP contribution in [0.1, 0.15) is 34.8 Å². The minimum Gasteiger partial charge on any atom is -0.388 e. The third kappa shape index (κ3) is 1.60. The van der Waals surface area contributed by atoms with Crippen molar-refractivity contribution >= 4 is 11.6 Å². The lowest BCUT2D eigenvalue weighted by atomic mass is 10.1. The van der Waals surface area contributed by atoms with Gasteiger partial charge in [-0.05, 0) is 13.8 Å². The maximum absolute atomic E-state index is 12.0. The Bertz CT molecular complexity index is 653. The number of aryl methyl sites for hydroxylation is 1. The summed E-state index contributed by atoms with van der Waals surface area (Å²) in [4.78, 5) is 29.7. The Balaban J connectivity index is 2.88. The Hall–Kier alpha value is -2.15. The zero-order valence-corrected chi connectivity index (χ0v) is 9.39. The van der Waals surface area contributed by atoms with Gasteiger partial charge in [-0.3, -0.25) is 14.0 Å². The maximum atomic E-state index is 12.0. The van der Waals surface area contributed by atoms with Crippen LogP contribution in [0.4, 0.5) is 0 Å². The van der Waals surface area contributed by atoms with Crippen molar-refractivity contribution in [3.8, 4) is 0 Å². The van der Waals surface area contributed by atoms with Crippen LogP contribution in [0.3, 0.4) is 0 Å². The molecule has 0 spiro atoms. The van der Waals surface area contributed by atoms with Crippen molar-refractivity contribution in [2.45, 2.75) is 20.0 Å². The second-order valence-corrected chi connectivity index (χ2v) is 3.82. The van der Waals surface area contributed by atoms with Crippen molar-refractivity contribution in [2.75, 3.05) is 0 Å². The number of amides is 1. The lowest BCUT2D eigenvalue weighted by Crippen LogP contribution is -2.23. The van der Waals surface area contributed by atoms with Crippen molar-refractivity contribution in [1.29, 1.82) is 0 Å². The molecule has 90 valence electrons. The van der Waals surface area contributed by atoms with E-state index < -0.39 is 17.6 Å². The number of nitrogens with one attached hydrogen (secondary N) is 1. The molecule has 1 atom stereocenters. The zero-order valence-electron chi connectivity index (χ0n) is 9.39. The van der Waals surface area contributed by atoms with Crippen LogP contribution in [0.25, 0.3) is 5.65 Å². The number of primary amides is 1. The SMILES string of the molecule is Cc1[nH]c2c(C(N)=O)ncn2c(=O)c1C(C)O. The van der Waals surface area contributed by atoms with Crippen molar-refractivity contribution < 1.29 is 9.90 Å². The number of imidazole rings is 1. The molecule has 0 aliphatic rings. The van der Waals surface area contributed by atoms with E-state index in [1.807, 2.05) is 0 Å². The normalized spacial score (nSPS) is 12.9. The molecule has 0 bridgehead atoms. The number of aliphatic hydroxyl groups is 1. The molecule has 2 aromatic heterocycles. The van der Waals surface area contributed by atoms with Gasteiger partial charge in [0.2, 0.25) is 0 Å². The van der Waals surface area contributed by atoms with Crippen LogP contribution in [0.15, 0.2) is 11.1 Å². The van der Waals surface area contributed by atoms with Crippen molar-refractivity contribution in [2.24, 2.45) is 5.73 Å². The molecule has 1 unspecified atom stereocenters. The van der Waals surface area contributed by atoms with E-state index in [9.17, 15) is 14.7 Å². The van der Waals surface area contributed by atoms with Gasteiger partial charge in [0.1, 0.15) is 6.33 Å². The Morgan fingerprint density at radius 2 is 2.29 bits per heavy atom. The van der Waals surface area contributed by atoms with E-state index in [2.05, 4.69) is 9.97 Å². The molecule has 4 N–H and O–H groups in total. The minimum absolute atomic E-state index is 0.00217. The predicted octanol–water partition coefficient (Wildman–Crippen LogP) is -0.517. The molecule has 0 aliphatic carbocycles. The van der Waals surface area contributed by atoms with Crippen molar-refractivity contribution in [3.05, 3.63) is 33.6 Å². The predicted molar refractivity (Wildman–Crippen MR) is 59.7 cm³/mol. The highest BCUT2D eigenvalue weighted by Gasteiger charge is 2.18. The molecule has 7 heteroatoms. The van der Waals surface area contributed by atoms with Crippen LogP contribution < -0.4 is 11.3 Å². The summed E-state index contributed by atoms with van der Waals surface area (Å²) in [5, 5.41) is 9.52. The summed E-state index contributed by atoms with van der Waals surface area (Å²) in [6.07, 6.45) is 0.308. The number of aliphatic hydroxyl groups excluding tert-OH is 1. The topological polar surface area (TPSA) is 113 Å². The first-order valence-electron chi connectivity index (χ1n) is 5.01. The average molecular weight is 236 g/mol. The van der Waals surface area contributed by atoms with E-state index in [4.69, 9.17) is 5.73 Å². The standard InChI is InChI=1S/C10H12N4O3/c1-4-6(5(2)15)10(17)14-3-12-7(8(11)16)9(14)13-4/h3,5,13,15H,1-2H3,(H2,11,16). The summed E-state index contributed by atoms with van der Waals surface area (Å²) in [5.74, 6) is -0.715. The van der Waals surface area contributed by atoms with Gasteiger partial charge in [-0.15, -0.1) is 0 Å². The van der Waals surface area contributed by atoms with Crippen LogP contribution in [0.2, 0.25) is 0 Å². The number of carbonyl (C=O) groups is 1. The highest BCUT2D eigenvalue weighted by molar-refractivity contribution is 5.96. The first-order valence-corrected chi connectivity index (χ1v) is 5.01. The van der Waals surface area contributed by atoms with Crippen LogP contribution in [-0.4, -0.2) is 25.4 Å². The smallest absolute Gasteiger partial charge is 0.271 e. The van der Waals surface area contributed by atoms with Gasteiger partial charge in [-0.2, -0.15) is 0 Å². The van der Waals surface area contributed by atoms with Crippen LogP contribution in [0.5, 0.6) is 0 Å². The van der Waals surface area contributed by atoms with Gasteiger partial charge in [0.05, 0.1) is 11.7 Å². The van der Waals surface area contributed by atoms with Crippen molar-refractivity contribution in [1.82, 2.24) is 14.4 Å². The van der Waals surface area contributed by atoms with Gasteiger partial charge in [0, 0.05) is 5.69 Å². The Morgan fingerprint density at radius 1 is 1.65 bits per heavy atom. The first-order chi connectivity index (χ1) is 7.93. The third-order valence-electron chi connectivity index (χ3n) is 2.58. The fourth-order valence-electron chi connectivity index (χ4n) is 1.83. The molecule has 2 aromatic rings. The summed E-state index contributed by atoms with van der Waals surface area (Å²) >= 11 is 0. The zero-order chi connectivity index (χ0) is 12.7. The number of hydrogen-bond acceptors (Lipinski definition) is 4. The minimum atomic E-state index is -0.900. The molecular formula is C10H12N4O3. The summed E-state index contributed by atoms with van der Waals surface area (Å²) < 4.78 is 1.16. The van der Waals surface area contributed by atoms with Crippen LogP contribution >= 0.6 is 0 Å². The summed E-state index contributed by atoms with van der Waals surface area (Å²) in [7, 11) is 0. The molecule has 0 saturated heterocycles. The van der Waals surface area contributed by atoms with E-state index in [-0.39, 0.29) is 16.9 Å². The van der Waals surface area contributed by atoms with Crippen LogP contribution in [-0.2, 0) is 0 Å². The molecule has 0 aliphatic heterocycles. The van der Waals surface area contributed by atoms with Crippen molar-refractivity contribution in [3.63, 3.8) is 0 Å². The van der Waals surface area contributed by atoms with Gasteiger partial charge in [-0.25, -0.2) is 4.98 Å². The van der Waals surface area contributed by atoms with Crippen LogP contribution in [0, 0.1) is 6.92 Å². The van der Waals surface area contributed by atoms with E-state index in [0.717, 1.165) is 4.40 Å². The number of aromatic nitrogens is 3. The van der Waals surface area contributed by atoms with E-state index in [1.165, 1.54) is 13.3 Å². The first kappa shape index (κ1) is 11.3. The molecule has 2 heterocycles. The van der Waals surface area contributed by atoms with E-state index in [0.29, 0.717) is 5.69 Å². The number of aromatic amines is 1. The summed E-state index contributed by atoms with van der Waals surface area (Å²) in [6, 6.07) is 0. The van der Waals surface area contributed by atoms with E-state index >= 15 is 0 Å². The fourth-order valence-corrected chi connectivity index (χ4v) is 1.83. The maximum Gasteiger partial charge on any atom is 0.271 e. The lowest BCUT2D eigenvalue weighted by Gasteiger charge is -2.08. The Kier molecular flexibility index (Phi) is 2.47. The molecule has 17 heavy (non-hydrogen) atoms. The number of rotatable bonds is 2. The highest BCUT2D eigenvalue weighted by Crippen LogP contribution is 2.13. The van der Waals surface area contributed by atoms with Gasteiger partial charge >= 0.3 is 0 Å². The number of fused-ring (bicyclic) bond motifs is 1. The molecule has 2 rings (SSSR count). The lowest BCUT2D eigenvalue weighted by molar-refractivity contribution is 0.0997. The Labute approximate surface area is 95.9 Å². The Morgan fingerprint density at radius 3 is 2.82 bits per heavy atom. The van der Waals surface area contributed by atoms with E-state index in [1.54, 1.807) is 6.92 Å². The molecule has 0 fully saturated rings. The fraction of sp³-hybridized carbons (Fsp3) is 0.300. The average Bonchev–Trinajstić information content (AvgIpc) is 2.60. The number of nitrogens with zero attached hydrogens (tertiary/aromatic N) is 2. The van der Waals surface area contributed by atoms with Gasteiger partial charge < -0.3 is 15.8 Å². The molecular weight excluding hydrogens is 224 g/mol. The number of nitrogens with two attached hydrogens (primary N) is 1. The summed E-state index contributed by atoms with van der Waals surface area (Å²) in [6.45, 7) is 3.14. The van der Waals surface area contributed by atoms with Gasteiger partial charge in [0.25, 0.3) is 11.5 Å².